The lowest BCUT2D eigenvalue weighted by molar-refractivity contribution is -0.120. The molecule has 2 N–H and O–H groups in total. The van der Waals surface area contributed by atoms with E-state index in [9.17, 15) is 9.59 Å². The van der Waals surface area contributed by atoms with Crippen molar-refractivity contribution < 1.29 is 14.3 Å². The fourth-order valence-corrected chi connectivity index (χ4v) is 3.55. The Bertz CT molecular complexity index is 1370. The first kappa shape index (κ1) is 25.7. The van der Waals surface area contributed by atoms with E-state index in [0.717, 1.165) is 23.4 Å². The second-order valence-electron chi connectivity index (χ2n) is 8.07. The Balaban J connectivity index is 1.46. The number of hydrogen-bond donors (Lipinski definition) is 2. The van der Waals surface area contributed by atoms with E-state index >= 15 is 0 Å². The van der Waals surface area contributed by atoms with Gasteiger partial charge in [-0.15, -0.1) is 0 Å². The van der Waals surface area contributed by atoms with Gasteiger partial charge in [0.2, 0.25) is 0 Å². The summed E-state index contributed by atoms with van der Waals surface area (Å²) in [7, 11) is 0. The summed E-state index contributed by atoms with van der Waals surface area (Å²) in [5.41, 5.74) is 6.02. The number of carbonyl (C=O) groups excluding carboxylic acids is 2. The molecule has 1 heterocycles. The molecule has 0 unspecified atom stereocenters. The zero-order valence-electron chi connectivity index (χ0n) is 20.2. The van der Waals surface area contributed by atoms with Crippen LogP contribution in [0.2, 0.25) is 5.02 Å². The molecule has 0 aliphatic rings. The van der Waals surface area contributed by atoms with Crippen LogP contribution in [0.3, 0.4) is 0 Å². The molecule has 0 atom stereocenters. The average molecular weight is 516 g/mol. The van der Waals surface area contributed by atoms with Gasteiger partial charge in [0.15, 0.2) is 0 Å². The number of carbonyl (C=O) groups is 2. The van der Waals surface area contributed by atoms with Crippen LogP contribution in [0.5, 0.6) is 5.75 Å². The fraction of sp³-hybridized carbons (Fsp3) is 0.143. The average Bonchev–Trinajstić information content (AvgIpc) is 3.36. The molecule has 0 aliphatic heterocycles. The van der Waals surface area contributed by atoms with Crippen molar-refractivity contribution in [1.82, 2.24) is 20.5 Å². The van der Waals surface area contributed by atoms with Crippen molar-refractivity contribution in [3.63, 3.8) is 0 Å². The lowest BCUT2D eigenvalue weighted by Gasteiger charge is -2.05. The number of ether oxygens (including phenoxy) is 1. The minimum atomic E-state index is -0.465. The van der Waals surface area contributed by atoms with Gasteiger partial charge in [-0.3, -0.25) is 9.59 Å². The van der Waals surface area contributed by atoms with Crippen molar-refractivity contribution in [2.75, 3.05) is 13.2 Å². The molecule has 9 heteroatoms. The van der Waals surface area contributed by atoms with Gasteiger partial charge in [0.25, 0.3) is 11.8 Å². The maximum atomic E-state index is 12.2. The summed E-state index contributed by atoms with van der Waals surface area (Å²) in [5.74, 6) is -0.0576. The Labute approximate surface area is 219 Å². The summed E-state index contributed by atoms with van der Waals surface area (Å²) in [5, 5.41) is 11.9. The minimum Gasteiger partial charge on any atom is -0.494 e. The fourth-order valence-electron chi connectivity index (χ4n) is 3.43. The van der Waals surface area contributed by atoms with Gasteiger partial charge in [-0.05, 0) is 67.1 Å². The minimum absolute atomic E-state index is 0.228. The van der Waals surface area contributed by atoms with E-state index in [1.54, 1.807) is 28.9 Å². The quantitative estimate of drug-likeness (QED) is 0.233. The molecule has 1 aromatic heterocycles. The number of hydrazone groups is 1. The van der Waals surface area contributed by atoms with Gasteiger partial charge in [-0.2, -0.15) is 10.2 Å². The molecular weight excluding hydrogens is 490 g/mol. The Kier molecular flexibility index (Phi) is 8.67. The lowest BCUT2D eigenvalue weighted by Crippen LogP contribution is -2.34. The second-order valence-corrected chi connectivity index (χ2v) is 8.51. The van der Waals surface area contributed by atoms with Crippen LogP contribution in [-0.2, 0) is 4.79 Å². The van der Waals surface area contributed by atoms with Crippen molar-refractivity contribution in [2.24, 2.45) is 5.10 Å². The molecule has 0 fully saturated rings. The molecule has 188 valence electrons. The van der Waals surface area contributed by atoms with Crippen LogP contribution in [-0.4, -0.2) is 41.0 Å². The van der Waals surface area contributed by atoms with Crippen LogP contribution < -0.4 is 15.5 Å². The third kappa shape index (κ3) is 7.05. The van der Waals surface area contributed by atoms with Crippen LogP contribution in [0.15, 0.2) is 90.2 Å². The molecule has 4 rings (SSSR count). The summed E-state index contributed by atoms with van der Waals surface area (Å²) in [6.07, 6.45) is 4.30. The van der Waals surface area contributed by atoms with Crippen LogP contribution in [0, 0.1) is 0 Å². The smallest absolute Gasteiger partial charge is 0.259 e. The van der Waals surface area contributed by atoms with Gasteiger partial charge in [0.1, 0.15) is 11.4 Å². The maximum Gasteiger partial charge on any atom is 0.259 e. The number of rotatable bonds is 10. The normalized spacial score (nSPS) is 10.9. The van der Waals surface area contributed by atoms with Gasteiger partial charge >= 0.3 is 0 Å². The highest BCUT2D eigenvalue weighted by molar-refractivity contribution is 6.30. The van der Waals surface area contributed by atoms with E-state index in [-0.39, 0.29) is 12.5 Å². The van der Waals surface area contributed by atoms with Crippen LogP contribution in [0.25, 0.3) is 16.9 Å². The molecule has 0 saturated heterocycles. The number of aromatic nitrogens is 2. The molecule has 3 aromatic carbocycles. The molecule has 0 aliphatic carbocycles. The molecule has 37 heavy (non-hydrogen) atoms. The highest BCUT2D eigenvalue weighted by atomic mass is 35.5. The summed E-state index contributed by atoms with van der Waals surface area (Å²) >= 11 is 5.84. The SMILES string of the molecule is CCCOc1ccc(-c2nn(-c3ccccc3)cc2/C=N\NC(=O)CNC(=O)c2ccc(Cl)cc2)cc1. The predicted octanol–water partition coefficient (Wildman–Crippen LogP) is 4.86. The summed E-state index contributed by atoms with van der Waals surface area (Å²) in [6.45, 7) is 2.48. The predicted molar refractivity (Wildman–Crippen MR) is 144 cm³/mol. The van der Waals surface area contributed by atoms with E-state index in [4.69, 9.17) is 21.4 Å². The number of hydrogen-bond acceptors (Lipinski definition) is 5. The Hall–Kier alpha value is -4.43. The molecular formula is C28H26ClN5O3. The number of nitrogens with one attached hydrogen (secondary N) is 2. The molecule has 4 aromatic rings. The van der Waals surface area contributed by atoms with Gasteiger partial charge in [0.05, 0.1) is 25.1 Å². The van der Waals surface area contributed by atoms with Crippen molar-refractivity contribution in [3.8, 4) is 22.7 Å². The summed E-state index contributed by atoms with van der Waals surface area (Å²) in [4.78, 5) is 24.4. The Morgan fingerprint density at radius 3 is 2.46 bits per heavy atom. The summed E-state index contributed by atoms with van der Waals surface area (Å²) in [6, 6.07) is 23.8. The third-order valence-electron chi connectivity index (χ3n) is 5.27. The van der Waals surface area contributed by atoms with Crippen molar-refractivity contribution in [2.45, 2.75) is 13.3 Å². The number of halogens is 1. The van der Waals surface area contributed by atoms with Crippen LogP contribution >= 0.6 is 11.6 Å². The molecule has 2 amide bonds. The van der Waals surface area contributed by atoms with E-state index in [1.807, 2.05) is 60.8 Å². The van der Waals surface area contributed by atoms with Crippen LogP contribution in [0.1, 0.15) is 29.3 Å². The Morgan fingerprint density at radius 2 is 1.76 bits per heavy atom. The van der Waals surface area contributed by atoms with Gasteiger partial charge in [0, 0.05) is 27.9 Å². The van der Waals surface area contributed by atoms with Gasteiger partial charge in [-0.1, -0.05) is 36.7 Å². The first-order chi connectivity index (χ1) is 18.0. The van der Waals surface area contributed by atoms with Crippen LogP contribution in [0.4, 0.5) is 0 Å². The van der Waals surface area contributed by atoms with E-state index < -0.39 is 5.91 Å². The van der Waals surface area contributed by atoms with Gasteiger partial charge < -0.3 is 10.1 Å². The third-order valence-corrected chi connectivity index (χ3v) is 5.52. The zero-order chi connectivity index (χ0) is 26.0. The van der Waals surface area contributed by atoms with Gasteiger partial charge in [-0.25, -0.2) is 10.1 Å². The molecule has 0 radical (unpaired) electrons. The standard InChI is InChI=1S/C28H26ClN5O3/c1-2-16-37-25-14-10-20(11-15-25)27-22(19-34(33-27)24-6-4-3-5-7-24)17-31-32-26(35)18-30-28(36)21-8-12-23(29)13-9-21/h3-15,17,19H,2,16,18H2,1H3,(H,30,36)(H,32,35)/b31-17-. The number of amides is 2. The monoisotopic (exact) mass is 515 g/mol. The summed E-state index contributed by atoms with van der Waals surface area (Å²) < 4.78 is 7.44. The molecule has 8 nitrogen and oxygen atoms in total. The highest BCUT2D eigenvalue weighted by Gasteiger charge is 2.12. The highest BCUT2D eigenvalue weighted by Crippen LogP contribution is 2.25. The number of benzene rings is 3. The zero-order valence-corrected chi connectivity index (χ0v) is 21.0. The van der Waals surface area contributed by atoms with Crippen molar-refractivity contribution in [1.29, 1.82) is 0 Å². The topological polar surface area (TPSA) is 97.6 Å². The number of para-hydroxylation sites is 1. The Morgan fingerprint density at radius 1 is 1.03 bits per heavy atom. The van der Waals surface area contributed by atoms with E-state index in [0.29, 0.717) is 28.5 Å². The molecule has 0 spiro atoms. The first-order valence-corrected chi connectivity index (χ1v) is 12.2. The van der Waals surface area contributed by atoms with E-state index in [1.165, 1.54) is 6.21 Å². The van der Waals surface area contributed by atoms with Crippen molar-refractivity contribution >= 4 is 29.6 Å². The van der Waals surface area contributed by atoms with Crippen molar-refractivity contribution in [3.05, 3.63) is 101 Å². The lowest BCUT2D eigenvalue weighted by atomic mass is 10.1. The number of nitrogens with zero attached hydrogens (tertiary/aromatic N) is 3. The maximum absolute atomic E-state index is 12.2. The second kappa shape index (κ2) is 12.5. The largest absolute Gasteiger partial charge is 0.494 e. The molecule has 0 saturated carbocycles. The van der Waals surface area contributed by atoms with E-state index in [2.05, 4.69) is 22.8 Å². The molecule has 0 bridgehead atoms. The first-order valence-electron chi connectivity index (χ1n) is 11.8.